The third-order valence-electron chi connectivity index (χ3n) is 5.75. The van der Waals surface area contributed by atoms with E-state index in [9.17, 15) is 13.6 Å². The van der Waals surface area contributed by atoms with Gasteiger partial charge in [-0.25, -0.2) is 13.6 Å². The van der Waals surface area contributed by atoms with E-state index in [2.05, 4.69) is 20.4 Å². The molecule has 1 amide bonds. The molecule has 3 heterocycles. The first kappa shape index (κ1) is 21.0. The number of halogens is 2. The zero-order valence-corrected chi connectivity index (χ0v) is 17.5. The molecule has 164 valence electrons. The van der Waals surface area contributed by atoms with Gasteiger partial charge in [-0.2, -0.15) is 5.10 Å². The lowest BCUT2D eigenvalue weighted by Gasteiger charge is -2.43. The highest BCUT2D eigenvalue weighted by atomic mass is 19.1. The maximum atomic E-state index is 14.5. The number of H-pyrrole nitrogens is 1. The van der Waals surface area contributed by atoms with Gasteiger partial charge in [0.2, 0.25) is 0 Å². The largest absolute Gasteiger partial charge is 0.444 e. The Labute approximate surface area is 174 Å². The molecular weight excluding hydrogens is 394 g/mol. The van der Waals surface area contributed by atoms with Gasteiger partial charge >= 0.3 is 6.09 Å². The second-order valence-corrected chi connectivity index (χ2v) is 9.19. The molecule has 4 atom stereocenters. The highest BCUT2D eigenvalue weighted by Crippen LogP contribution is 2.37. The summed E-state index contributed by atoms with van der Waals surface area (Å²) in [5.41, 5.74) is 1.55. The van der Waals surface area contributed by atoms with Crippen LogP contribution in [0.3, 0.4) is 0 Å². The first-order valence-corrected chi connectivity index (χ1v) is 10.3. The summed E-state index contributed by atoms with van der Waals surface area (Å²) in [6.07, 6.45) is 3.31. The predicted molar refractivity (Wildman–Crippen MR) is 106 cm³/mol. The first-order chi connectivity index (χ1) is 14.2. The molecule has 2 aliphatic heterocycles. The Morgan fingerprint density at radius 3 is 2.87 bits per heavy atom. The van der Waals surface area contributed by atoms with E-state index in [4.69, 9.17) is 9.47 Å². The number of aromatic nitrogens is 2. The number of amides is 1. The second-order valence-electron chi connectivity index (χ2n) is 9.19. The molecular formula is C21H28F2N4O3. The minimum absolute atomic E-state index is 0.0259. The molecule has 1 fully saturated rings. The van der Waals surface area contributed by atoms with Gasteiger partial charge < -0.3 is 14.8 Å². The lowest BCUT2D eigenvalue weighted by molar-refractivity contribution is -0.0813. The number of carbonyl (C=O) groups excluding carboxylic acids is 1. The van der Waals surface area contributed by atoms with Gasteiger partial charge in [0.25, 0.3) is 0 Å². The van der Waals surface area contributed by atoms with Gasteiger partial charge in [0.1, 0.15) is 17.3 Å². The van der Waals surface area contributed by atoms with E-state index in [0.29, 0.717) is 19.6 Å². The molecule has 3 aliphatic rings. The van der Waals surface area contributed by atoms with Crippen molar-refractivity contribution in [1.82, 2.24) is 20.4 Å². The number of fused-ring (bicyclic) bond motifs is 1. The molecule has 1 saturated heterocycles. The van der Waals surface area contributed by atoms with Crippen LogP contribution in [0.5, 0.6) is 0 Å². The fourth-order valence-electron chi connectivity index (χ4n) is 4.37. The molecule has 0 spiro atoms. The van der Waals surface area contributed by atoms with Crippen LogP contribution in [0.25, 0.3) is 0 Å². The normalized spacial score (nSPS) is 29.8. The Morgan fingerprint density at radius 2 is 2.13 bits per heavy atom. The number of rotatable bonds is 3. The fraction of sp³-hybridized carbons (Fsp3) is 0.619. The van der Waals surface area contributed by atoms with Crippen molar-refractivity contribution >= 4 is 6.09 Å². The van der Waals surface area contributed by atoms with Crippen LogP contribution in [0.15, 0.2) is 30.0 Å². The van der Waals surface area contributed by atoms with Crippen LogP contribution in [0.2, 0.25) is 0 Å². The van der Waals surface area contributed by atoms with Gasteiger partial charge in [-0.15, -0.1) is 0 Å². The molecule has 0 aromatic carbocycles. The summed E-state index contributed by atoms with van der Waals surface area (Å²) in [6, 6.07) is -0.483. The Bertz CT molecular complexity index is 840. The summed E-state index contributed by atoms with van der Waals surface area (Å²) < 4.78 is 39.9. The number of nitrogens with zero attached hydrogens (tertiary/aromatic N) is 2. The SMILES string of the molecule is CC(C)(C)OC(=O)N[C@H]1C[C@@H](N2Cc3cn[nH]c3C2)CO[C@@H]1C1CC(F)=CC=C1F. The molecule has 0 bridgehead atoms. The maximum Gasteiger partial charge on any atom is 0.407 e. The standard InChI is InChI=1S/C21H28F2N4O3/c1-21(2,3)30-20(28)25-17-7-14(27-9-12-8-24-26-18(12)10-27)11-29-19(17)15-6-13(22)4-5-16(15)23/h4-5,8,14-15,17,19H,6-7,9-11H2,1-3H3,(H,24,26)(H,25,28)/t14-,15?,17+,19-/m1/s1. The summed E-state index contributed by atoms with van der Waals surface area (Å²) >= 11 is 0. The lowest BCUT2D eigenvalue weighted by atomic mass is 9.84. The Hall–Kier alpha value is -2.26. The summed E-state index contributed by atoms with van der Waals surface area (Å²) in [6.45, 7) is 7.16. The van der Waals surface area contributed by atoms with Gasteiger partial charge in [-0.3, -0.25) is 10.00 Å². The molecule has 9 heteroatoms. The van der Waals surface area contributed by atoms with Crippen molar-refractivity contribution < 1.29 is 23.0 Å². The van der Waals surface area contributed by atoms with Crippen molar-refractivity contribution in [1.29, 1.82) is 0 Å². The topological polar surface area (TPSA) is 79.5 Å². The highest BCUT2D eigenvalue weighted by Gasteiger charge is 2.43. The number of ether oxygens (including phenoxy) is 2. The third-order valence-corrected chi connectivity index (χ3v) is 5.75. The highest BCUT2D eigenvalue weighted by molar-refractivity contribution is 5.68. The van der Waals surface area contributed by atoms with Crippen molar-refractivity contribution in [3.8, 4) is 0 Å². The number of nitrogens with one attached hydrogen (secondary N) is 2. The molecule has 4 rings (SSSR count). The van der Waals surface area contributed by atoms with Crippen molar-refractivity contribution in [3.05, 3.63) is 41.3 Å². The molecule has 0 radical (unpaired) electrons. The number of alkyl carbamates (subject to hydrolysis) is 1. The number of aromatic amines is 1. The van der Waals surface area contributed by atoms with Crippen molar-refractivity contribution in [3.63, 3.8) is 0 Å². The zero-order chi connectivity index (χ0) is 21.5. The number of allylic oxidation sites excluding steroid dienone is 3. The van der Waals surface area contributed by atoms with Crippen LogP contribution in [-0.4, -0.2) is 51.6 Å². The van der Waals surface area contributed by atoms with E-state index in [0.717, 1.165) is 30.0 Å². The van der Waals surface area contributed by atoms with Crippen molar-refractivity contribution in [2.45, 2.75) is 70.5 Å². The summed E-state index contributed by atoms with van der Waals surface area (Å²) in [7, 11) is 0. The first-order valence-electron chi connectivity index (χ1n) is 10.3. The van der Waals surface area contributed by atoms with Crippen LogP contribution in [0.1, 0.15) is 44.9 Å². The molecule has 1 aromatic rings. The smallest absolute Gasteiger partial charge is 0.407 e. The van der Waals surface area contributed by atoms with Crippen molar-refractivity contribution in [2.75, 3.05) is 6.61 Å². The zero-order valence-electron chi connectivity index (χ0n) is 17.5. The second kappa shape index (κ2) is 8.11. The van der Waals surface area contributed by atoms with Crippen LogP contribution in [0, 0.1) is 5.92 Å². The predicted octanol–water partition coefficient (Wildman–Crippen LogP) is 3.50. The van der Waals surface area contributed by atoms with Crippen LogP contribution >= 0.6 is 0 Å². The molecule has 1 aromatic heterocycles. The average Bonchev–Trinajstić information content (AvgIpc) is 3.24. The van der Waals surface area contributed by atoms with Crippen molar-refractivity contribution in [2.24, 2.45) is 5.92 Å². The Morgan fingerprint density at radius 1 is 1.33 bits per heavy atom. The van der Waals surface area contributed by atoms with Gasteiger partial charge in [0, 0.05) is 37.0 Å². The lowest BCUT2D eigenvalue weighted by Crippen LogP contribution is -2.57. The maximum absolute atomic E-state index is 14.5. The Balaban J connectivity index is 1.49. The molecule has 30 heavy (non-hydrogen) atoms. The fourth-order valence-corrected chi connectivity index (χ4v) is 4.37. The minimum Gasteiger partial charge on any atom is -0.444 e. The van der Waals surface area contributed by atoms with Crippen LogP contribution in [-0.2, 0) is 22.6 Å². The van der Waals surface area contributed by atoms with Gasteiger partial charge in [-0.05, 0) is 39.3 Å². The molecule has 2 N–H and O–H groups in total. The third kappa shape index (κ3) is 4.57. The monoisotopic (exact) mass is 422 g/mol. The summed E-state index contributed by atoms with van der Waals surface area (Å²) in [4.78, 5) is 14.7. The van der Waals surface area contributed by atoms with Gasteiger partial charge in [0.05, 0.1) is 30.6 Å². The van der Waals surface area contributed by atoms with E-state index in [1.807, 2.05) is 6.20 Å². The minimum atomic E-state index is -0.772. The quantitative estimate of drug-likeness (QED) is 0.780. The molecule has 1 aliphatic carbocycles. The van der Waals surface area contributed by atoms with E-state index in [1.165, 1.54) is 0 Å². The number of hydrogen-bond acceptors (Lipinski definition) is 5. The summed E-state index contributed by atoms with van der Waals surface area (Å²) in [5, 5.41) is 9.91. The van der Waals surface area contributed by atoms with Gasteiger partial charge in [0.15, 0.2) is 0 Å². The molecule has 1 unspecified atom stereocenters. The molecule has 0 saturated carbocycles. The molecule has 7 nitrogen and oxygen atoms in total. The number of carbonyl (C=O) groups is 1. The Kier molecular flexibility index (Phi) is 5.67. The van der Waals surface area contributed by atoms with E-state index in [1.54, 1.807) is 20.8 Å². The van der Waals surface area contributed by atoms with E-state index in [-0.39, 0.29) is 12.5 Å². The van der Waals surface area contributed by atoms with Crippen LogP contribution < -0.4 is 5.32 Å². The van der Waals surface area contributed by atoms with E-state index >= 15 is 0 Å². The van der Waals surface area contributed by atoms with Gasteiger partial charge in [-0.1, -0.05) is 0 Å². The number of hydrogen-bond donors (Lipinski definition) is 2. The average molecular weight is 422 g/mol. The summed E-state index contributed by atoms with van der Waals surface area (Å²) in [5.74, 6) is -1.60. The van der Waals surface area contributed by atoms with Crippen LogP contribution in [0.4, 0.5) is 13.6 Å². The van der Waals surface area contributed by atoms with E-state index < -0.39 is 41.4 Å².